The van der Waals surface area contributed by atoms with Crippen molar-refractivity contribution in [2.24, 2.45) is 5.10 Å². The van der Waals surface area contributed by atoms with E-state index in [1.54, 1.807) is 0 Å². The van der Waals surface area contributed by atoms with Crippen molar-refractivity contribution < 1.29 is 0 Å². The SMILES string of the molecule is CC(C)=CC1NN=Cc2ccccc21. The standard InChI is InChI=1S/C12H14N2/c1-9(2)7-12-11-6-4-3-5-10(11)8-13-14-12/h3-8,12,14H,1-2H3. The lowest BCUT2D eigenvalue weighted by Crippen LogP contribution is -2.19. The zero-order chi connectivity index (χ0) is 9.97. The van der Waals surface area contributed by atoms with Gasteiger partial charge in [0.15, 0.2) is 0 Å². The molecule has 0 aliphatic carbocycles. The molecule has 1 heterocycles. The van der Waals surface area contributed by atoms with E-state index in [1.165, 1.54) is 16.7 Å². The smallest absolute Gasteiger partial charge is 0.0879 e. The van der Waals surface area contributed by atoms with E-state index < -0.39 is 0 Å². The van der Waals surface area contributed by atoms with Crippen LogP contribution >= 0.6 is 0 Å². The van der Waals surface area contributed by atoms with E-state index in [9.17, 15) is 0 Å². The molecule has 0 aromatic heterocycles. The lowest BCUT2D eigenvalue weighted by atomic mass is 9.99. The van der Waals surface area contributed by atoms with Crippen LogP contribution in [0, 0.1) is 0 Å². The summed E-state index contributed by atoms with van der Waals surface area (Å²) < 4.78 is 0. The van der Waals surface area contributed by atoms with Crippen molar-refractivity contribution in [3.63, 3.8) is 0 Å². The summed E-state index contributed by atoms with van der Waals surface area (Å²) in [5.74, 6) is 0. The van der Waals surface area contributed by atoms with Crippen molar-refractivity contribution in [1.82, 2.24) is 5.43 Å². The summed E-state index contributed by atoms with van der Waals surface area (Å²) in [6.07, 6.45) is 4.06. The number of benzene rings is 1. The topological polar surface area (TPSA) is 24.4 Å². The maximum absolute atomic E-state index is 4.13. The Hall–Kier alpha value is -1.57. The van der Waals surface area contributed by atoms with E-state index >= 15 is 0 Å². The van der Waals surface area contributed by atoms with Gasteiger partial charge in [-0.15, -0.1) is 0 Å². The summed E-state index contributed by atoms with van der Waals surface area (Å²) in [6.45, 7) is 4.20. The molecule has 72 valence electrons. The molecule has 0 bridgehead atoms. The van der Waals surface area contributed by atoms with Gasteiger partial charge in [0, 0.05) is 5.56 Å². The molecule has 1 atom stereocenters. The van der Waals surface area contributed by atoms with Gasteiger partial charge in [0.05, 0.1) is 12.3 Å². The molecule has 0 fully saturated rings. The molecule has 1 aromatic carbocycles. The summed E-state index contributed by atoms with van der Waals surface area (Å²) in [6, 6.07) is 8.55. The summed E-state index contributed by atoms with van der Waals surface area (Å²) in [7, 11) is 0. The van der Waals surface area contributed by atoms with Crippen LogP contribution in [0.4, 0.5) is 0 Å². The predicted molar refractivity (Wildman–Crippen MR) is 59.3 cm³/mol. The largest absolute Gasteiger partial charge is 0.299 e. The van der Waals surface area contributed by atoms with Crippen molar-refractivity contribution in [2.45, 2.75) is 19.9 Å². The average Bonchev–Trinajstić information content (AvgIpc) is 2.18. The van der Waals surface area contributed by atoms with Gasteiger partial charge in [0.25, 0.3) is 0 Å². The van der Waals surface area contributed by atoms with E-state index in [0.717, 1.165) is 0 Å². The molecule has 0 radical (unpaired) electrons. The summed E-state index contributed by atoms with van der Waals surface area (Å²) >= 11 is 0. The van der Waals surface area contributed by atoms with E-state index in [0.29, 0.717) is 0 Å². The van der Waals surface area contributed by atoms with Crippen molar-refractivity contribution in [3.05, 3.63) is 47.0 Å². The predicted octanol–water partition coefficient (Wildman–Crippen LogP) is 2.63. The number of hydrazone groups is 1. The molecule has 0 spiro atoms. The zero-order valence-electron chi connectivity index (χ0n) is 8.49. The number of fused-ring (bicyclic) bond motifs is 1. The molecule has 2 nitrogen and oxygen atoms in total. The van der Waals surface area contributed by atoms with Crippen LogP contribution in [0.5, 0.6) is 0 Å². The van der Waals surface area contributed by atoms with Crippen molar-refractivity contribution in [3.8, 4) is 0 Å². The fraction of sp³-hybridized carbons (Fsp3) is 0.250. The minimum absolute atomic E-state index is 0.223. The molecule has 1 N–H and O–H groups in total. The van der Waals surface area contributed by atoms with Crippen molar-refractivity contribution >= 4 is 6.21 Å². The van der Waals surface area contributed by atoms with E-state index in [-0.39, 0.29) is 6.04 Å². The fourth-order valence-corrected chi connectivity index (χ4v) is 1.63. The minimum Gasteiger partial charge on any atom is -0.299 e. The highest BCUT2D eigenvalue weighted by Crippen LogP contribution is 2.21. The Labute approximate surface area is 84.3 Å². The number of nitrogens with one attached hydrogen (secondary N) is 1. The zero-order valence-corrected chi connectivity index (χ0v) is 8.49. The molecular formula is C12H14N2. The van der Waals surface area contributed by atoms with Crippen LogP contribution in [0.2, 0.25) is 0 Å². The Bertz CT molecular complexity index is 387. The van der Waals surface area contributed by atoms with Crippen LogP contribution in [0.15, 0.2) is 41.0 Å². The van der Waals surface area contributed by atoms with Gasteiger partial charge < -0.3 is 0 Å². The second kappa shape index (κ2) is 3.66. The number of hydrogen-bond donors (Lipinski definition) is 1. The fourth-order valence-electron chi connectivity index (χ4n) is 1.63. The average molecular weight is 186 g/mol. The van der Waals surface area contributed by atoms with Gasteiger partial charge in [-0.3, -0.25) is 5.43 Å². The van der Waals surface area contributed by atoms with Crippen molar-refractivity contribution in [2.75, 3.05) is 0 Å². The van der Waals surface area contributed by atoms with Gasteiger partial charge in [-0.2, -0.15) is 5.10 Å². The van der Waals surface area contributed by atoms with Crippen LogP contribution in [-0.4, -0.2) is 6.21 Å². The van der Waals surface area contributed by atoms with E-state index in [4.69, 9.17) is 0 Å². The third-order valence-electron chi connectivity index (χ3n) is 2.25. The Morgan fingerprint density at radius 3 is 2.93 bits per heavy atom. The highest BCUT2D eigenvalue weighted by Gasteiger charge is 2.13. The molecule has 2 rings (SSSR count). The highest BCUT2D eigenvalue weighted by atomic mass is 15.3. The molecule has 0 saturated carbocycles. The highest BCUT2D eigenvalue weighted by molar-refractivity contribution is 5.83. The second-order valence-electron chi connectivity index (χ2n) is 3.74. The quantitative estimate of drug-likeness (QED) is 0.670. The normalized spacial score (nSPS) is 18.3. The second-order valence-corrected chi connectivity index (χ2v) is 3.74. The first-order valence-electron chi connectivity index (χ1n) is 4.80. The van der Waals surface area contributed by atoms with Gasteiger partial charge in [-0.1, -0.05) is 35.9 Å². The number of rotatable bonds is 1. The maximum Gasteiger partial charge on any atom is 0.0879 e. The van der Waals surface area contributed by atoms with Gasteiger partial charge >= 0.3 is 0 Å². The van der Waals surface area contributed by atoms with Gasteiger partial charge in [0.1, 0.15) is 0 Å². The minimum atomic E-state index is 0.223. The summed E-state index contributed by atoms with van der Waals surface area (Å²) in [4.78, 5) is 0. The first kappa shape index (κ1) is 9.00. The Morgan fingerprint density at radius 2 is 2.14 bits per heavy atom. The molecule has 14 heavy (non-hydrogen) atoms. The molecular weight excluding hydrogens is 172 g/mol. The molecule has 1 unspecified atom stereocenters. The lowest BCUT2D eigenvalue weighted by Gasteiger charge is -2.19. The summed E-state index contributed by atoms with van der Waals surface area (Å²) in [5.41, 5.74) is 6.90. The van der Waals surface area contributed by atoms with E-state index in [1.807, 2.05) is 12.3 Å². The maximum atomic E-state index is 4.13. The first-order valence-corrected chi connectivity index (χ1v) is 4.80. The van der Waals surface area contributed by atoms with Gasteiger partial charge in [-0.05, 0) is 19.4 Å². The monoisotopic (exact) mass is 186 g/mol. The van der Waals surface area contributed by atoms with E-state index in [2.05, 4.69) is 48.6 Å². The van der Waals surface area contributed by atoms with Gasteiger partial charge in [-0.25, -0.2) is 0 Å². The molecule has 1 aromatic rings. The molecule has 2 heteroatoms. The van der Waals surface area contributed by atoms with Crippen molar-refractivity contribution in [1.29, 1.82) is 0 Å². The number of hydrogen-bond acceptors (Lipinski definition) is 2. The van der Waals surface area contributed by atoms with Crippen LogP contribution in [0.25, 0.3) is 0 Å². The Morgan fingerprint density at radius 1 is 1.36 bits per heavy atom. The molecule has 0 amide bonds. The van der Waals surface area contributed by atoms with Crippen LogP contribution in [0.3, 0.4) is 0 Å². The molecule has 1 aliphatic heterocycles. The Kier molecular flexibility index (Phi) is 2.35. The van der Waals surface area contributed by atoms with Gasteiger partial charge in [0.2, 0.25) is 0 Å². The first-order chi connectivity index (χ1) is 6.77. The number of allylic oxidation sites excluding steroid dienone is 1. The summed E-state index contributed by atoms with van der Waals surface area (Å²) in [5, 5.41) is 4.13. The number of nitrogens with zero attached hydrogens (tertiary/aromatic N) is 1. The Balaban J connectivity index is 2.41. The lowest BCUT2D eigenvalue weighted by molar-refractivity contribution is 0.646. The van der Waals surface area contributed by atoms with Crippen LogP contribution in [0.1, 0.15) is 31.0 Å². The third-order valence-corrected chi connectivity index (χ3v) is 2.25. The third kappa shape index (κ3) is 1.69. The molecule has 1 aliphatic rings. The van der Waals surface area contributed by atoms with Crippen LogP contribution in [-0.2, 0) is 0 Å². The molecule has 0 saturated heterocycles. The van der Waals surface area contributed by atoms with Crippen LogP contribution < -0.4 is 5.43 Å².